The summed E-state index contributed by atoms with van der Waals surface area (Å²) in [5.74, 6) is -1.47. The molecule has 1 spiro atoms. The first-order valence-corrected chi connectivity index (χ1v) is 14.6. The maximum absolute atomic E-state index is 14.9. The molecule has 7 rings (SSSR count). The van der Waals surface area contributed by atoms with E-state index in [1.807, 2.05) is 29.2 Å². The predicted molar refractivity (Wildman–Crippen MR) is 167 cm³/mol. The molecular formula is C37H29NO7. The lowest BCUT2D eigenvalue weighted by Gasteiger charge is -2.37. The van der Waals surface area contributed by atoms with Gasteiger partial charge in [-0.25, -0.2) is 0 Å². The number of nitrogens with zero attached hydrogens (tertiary/aromatic N) is 1. The highest BCUT2D eigenvalue weighted by Crippen LogP contribution is 2.63. The van der Waals surface area contributed by atoms with E-state index in [0.717, 1.165) is 0 Å². The Bertz CT molecular complexity index is 1890. The van der Waals surface area contributed by atoms with E-state index in [9.17, 15) is 19.2 Å². The fraction of sp³-hybridized carbons (Fsp3) is 0.189. The van der Waals surface area contributed by atoms with Gasteiger partial charge in [0.05, 0.1) is 25.9 Å². The fourth-order valence-corrected chi connectivity index (χ4v) is 7.41. The van der Waals surface area contributed by atoms with Gasteiger partial charge in [-0.05, 0) is 12.1 Å². The van der Waals surface area contributed by atoms with E-state index in [4.69, 9.17) is 14.2 Å². The molecule has 2 aliphatic heterocycles. The number of hydrogen-bond acceptors (Lipinski definition) is 8. The molecule has 224 valence electrons. The Morgan fingerprint density at radius 2 is 1.47 bits per heavy atom. The van der Waals surface area contributed by atoms with Crippen molar-refractivity contribution in [3.05, 3.63) is 125 Å². The van der Waals surface area contributed by atoms with Crippen molar-refractivity contribution in [2.75, 3.05) is 19.1 Å². The average Bonchev–Trinajstić information content (AvgIpc) is 3.49. The lowest BCUT2D eigenvalue weighted by atomic mass is 9.64. The van der Waals surface area contributed by atoms with Crippen molar-refractivity contribution in [3.8, 4) is 17.2 Å². The molecule has 0 saturated carbocycles. The van der Waals surface area contributed by atoms with Crippen molar-refractivity contribution < 1.29 is 33.4 Å². The monoisotopic (exact) mass is 599 g/mol. The molecule has 1 fully saturated rings. The van der Waals surface area contributed by atoms with Gasteiger partial charge in [0, 0.05) is 46.7 Å². The normalized spacial score (nSPS) is 20.4. The Labute approximate surface area is 259 Å². The summed E-state index contributed by atoms with van der Waals surface area (Å²) in [4.78, 5) is 58.9. The van der Waals surface area contributed by atoms with Crippen LogP contribution in [0.3, 0.4) is 0 Å². The SMILES string of the molecule is COc1ccc([C@@H]2[C@H](C(=O)c3ccccc3)N3c4c(cccc4OC(C)=O)C=C[C@@H]3C23C(=O)c2ccccc2C3=O)c(OC)c1. The molecular weight excluding hydrogens is 570 g/mol. The minimum atomic E-state index is -1.75. The van der Waals surface area contributed by atoms with Gasteiger partial charge in [0.2, 0.25) is 0 Å². The second-order valence-corrected chi connectivity index (χ2v) is 11.3. The number of carbonyl (C=O) groups is 4. The first-order valence-electron chi connectivity index (χ1n) is 14.6. The Kier molecular flexibility index (Phi) is 6.66. The zero-order valence-corrected chi connectivity index (χ0v) is 24.9. The summed E-state index contributed by atoms with van der Waals surface area (Å²) in [5.41, 5.74) is 0.922. The third-order valence-electron chi connectivity index (χ3n) is 9.14. The summed E-state index contributed by atoms with van der Waals surface area (Å²) in [6, 6.07) is 24.1. The number of esters is 1. The zero-order valence-electron chi connectivity index (χ0n) is 24.9. The van der Waals surface area contributed by atoms with E-state index in [1.165, 1.54) is 21.1 Å². The molecule has 0 bridgehead atoms. The van der Waals surface area contributed by atoms with Gasteiger partial charge >= 0.3 is 5.97 Å². The minimum absolute atomic E-state index is 0.230. The van der Waals surface area contributed by atoms with Crippen LogP contribution in [0.1, 0.15) is 55.0 Å². The maximum Gasteiger partial charge on any atom is 0.308 e. The van der Waals surface area contributed by atoms with Crippen LogP contribution in [-0.4, -0.2) is 49.6 Å². The molecule has 1 saturated heterocycles. The van der Waals surface area contributed by atoms with Gasteiger partial charge in [-0.15, -0.1) is 0 Å². The second kappa shape index (κ2) is 10.6. The number of carbonyl (C=O) groups excluding carboxylic acids is 4. The predicted octanol–water partition coefficient (Wildman–Crippen LogP) is 5.95. The minimum Gasteiger partial charge on any atom is -0.497 e. The summed E-state index contributed by atoms with van der Waals surface area (Å²) < 4.78 is 17.0. The number of para-hydroxylation sites is 1. The van der Waals surface area contributed by atoms with E-state index in [2.05, 4.69) is 0 Å². The summed E-state index contributed by atoms with van der Waals surface area (Å²) in [7, 11) is 3.04. The number of methoxy groups -OCH3 is 2. The molecule has 3 atom stereocenters. The topological polar surface area (TPSA) is 99.2 Å². The molecule has 1 aliphatic carbocycles. The van der Waals surface area contributed by atoms with Crippen molar-refractivity contribution in [2.24, 2.45) is 5.41 Å². The van der Waals surface area contributed by atoms with Crippen LogP contribution < -0.4 is 19.1 Å². The van der Waals surface area contributed by atoms with Crippen molar-refractivity contribution in [1.29, 1.82) is 0 Å². The van der Waals surface area contributed by atoms with E-state index in [0.29, 0.717) is 45.0 Å². The summed E-state index contributed by atoms with van der Waals surface area (Å²) in [6.45, 7) is 1.30. The van der Waals surface area contributed by atoms with Crippen LogP contribution in [0, 0.1) is 5.41 Å². The molecule has 4 aromatic rings. The lowest BCUT2D eigenvalue weighted by molar-refractivity contribution is -0.131. The fourth-order valence-electron chi connectivity index (χ4n) is 7.41. The highest BCUT2D eigenvalue weighted by Gasteiger charge is 2.72. The van der Waals surface area contributed by atoms with Crippen molar-refractivity contribution in [2.45, 2.75) is 24.9 Å². The van der Waals surface area contributed by atoms with Crippen LogP contribution >= 0.6 is 0 Å². The molecule has 8 nitrogen and oxygen atoms in total. The maximum atomic E-state index is 14.9. The van der Waals surface area contributed by atoms with Gasteiger partial charge in [0.15, 0.2) is 23.1 Å². The molecule has 0 N–H and O–H groups in total. The first kappa shape index (κ1) is 28.3. The van der Waals surface area contributed by atoms with Crippen molar-refractivity contribution in [3.63, 3.8) is 0 Å². The molecule has 45 heavy (non-hydrogen) atoms. The van der Waals surface area contributed by atoms with Crippen LogP contribution in [0.15, 0.2) is 97.1 Å². The molecule has 0 aromatic heterocycles. The van der Waals surface area contributed by atoms with Crippen LogP contribution in [0.5, 0.6) is 17.2 Å². The lowest BCUT2D eigenvalue weighted by Crippen LogP contribution is -2.48. The number of anilines is 1. The molecule has 3 aliphatic rings. The largest absolute Gasteiger partial charge is 0.497 e. The Hall–Kier alpha value is -5.50. The average molecular weight is 600 g/mol. The van der Waals surface area contributed by atoms with Crippen LogP contribution in [0.4, 0.5) is 5.69 Å². The number of rotatable bonds is 6. The van der Waals surface area contributed by atoms with E-state index in [1.54, 1.807) is 78.9 Å². The highest BCUT2D eigenvalue weighted by molar-refractivity contribution is 6.32. The highest BCUT2D eigenvalue weighted by atomic mass is 16.5. The van der Waals surface area contributed by atoms with E-state index >= 15 is 0 Å². The van der Waals surface area contributed by atoms with Crippen LogP contribution in [0.25, 0.3) is 6.08 Å². The summed E-state index contributed by atoms with van der Waals surface area (Å²) in [6.07, 6.45) is 3.65. The number of hydrogen-bond donors (Lipinski definition) is 0. The number of ether oxygens (including phenoxy) is 3. The Morgan fingerprint density at radius 3 is 2.11 bits per heavy atom. The number of fused-ring (bicyclic) bond motifs is 5. The molecule has 0 amide bonds. The van der Waals surface area contributed by atoms with Crippen LogP contribution in [-0.2, 0) is 4.79 Å². The van der Waals surface area contributed by atoms with Crippen molar-refractivity contribution >= 4 is 35.1 Å². The van der Waals surface area contributed by atoms with Gasteiger partial charge in [0.25, 0.3) is 0 Å². The van der Waals surface area contributed by atoms with Gasteiger partial charge in [0.1, 0.15) is 23.0 Å². The van der Waals surface area contributed by atoms with Gasteiger partial charge in [-0.1, -0.05) is 84.9 Å². The zero-order chi connectivity index (χ0) is 31.5. The smallest absolute Gasteiger partial charge is 0.308 e. The van der Waals surface area contributed by atoms with Crippen LogP contribution in [0.2, 0.25) is 0 Å². The first-order chi connectivity index (χ1) is 21.8. The van der Waals surface area contributed by atoms with Gasteiger partial charge in [-0.3, -0.25) is 19.2 Å². The molecule has 0 radical (unpaired) electrons. The molecule has 8 heteroatoms. The summed E-state index contributed by atoms with van der Waals surface area (Å²) >= 11 is 0. The third-order valence-corrected chi connectivity index (χ3v) is 9.14. The molecule has 2 heterocycles. The second-order valence-electron chi connectivity index (χ2n) is 11.3. The summed E-state index contributed by atoms with van der Waals surface area (Å²) in [5, 5.41) is 0. The quantitative estimate of drug-likeness (QED) is 0.116. The third kappa shape index (κ3) is 3.98. The van der Waals surface area contributed by atoms with Gasteiger partial charge < -0.3 is 19.1 Å². The van der Waals surface area contributed by atoms with E-state index < -0.39 is 29.4 Å². The Morgan fingerprint density at radius 1 is 0.778 bits per heavy atom. The molecule has 0 unspecified atom stereocenters. The standard InChI is InChI=1S/C37H29NO7/c1-21(39)45-28-15-9-12-22-16-19-30-37(35(41)25-13-7-8-14-26(25)36(37)42)31(27-18-17-24(43-2)20-29(27)44-3)33(38(30)32(22)28)34(40)23-10-5-4-6-11-23/h4-20,30-31,33H,1-3H3/t30-,31-,33-/m1/s1. The van der Waals surface area contributed by atoms with E-state index in [-0.39, 0.29) is 23.1 Å². The number of benzene rings is 4. The number of ketones is 3. The van der Waals surface area contributed by atoms with Crippen molar-refractivity contribution in [1.82, 2.24) is 0 Å². The molecule has 4 aromatic carbocycles. The van der Waals surface area contributed by atoms with Gasteiger partial charge in [-0.2, -0.15) is 0 Å². The number of Topliss-reactive ketones (excluding diaryl/α,β-unsaturated/α-hetero) is 3. The Balaban J connectivity index is 1.59.